The first-order chi connectivity index (χ1) is 8.58. The van der Waals surface area contributed by atoms with Crippen molar-refractivity contribution in [1.82, 2.24) is 4.90 Å². The Hall–Kier alpha value is -0.840. The van der Waals surface area contributed by atoms with Gasteiger partial charge in [0, 0.05) is 23.8 Å². The fourth-order valence-corrected chi connectivity index (χ4v) is 2.81. The summed E-state index contributed by atoms with van der Waals surface area (Å²) in [6.45, 7) is 2.13. The Balaban J connectivity index is 1.98. The minimum atomic E-state index is 0.335. The predicted molar refractivity (Wildman–Crippen MR) is 81.5 cm³/mol. The van der Waals surface area contributed by atoms with Gasteiger partial charge in [-0.05, 0) is 44.6 Å². The van der Waals surface area contributed by atoms with Crippen molar-refractivity contribution in [3.63, 3.8) is 0 Å². The number of likely N-dealkylation sites (tertiary alicyclic amines) is 1. The van der Waals surface area contributed by atoms with Crippen LogP contribution in [0.5, 0.6) is 0 Å². The molecule has 0 radical (unpaired) electrons. The van der Waals surface area contributed by atoms with Gasteiger partial charge in [-0.1, -0.05) is 23.8 Å². The molecule has 1 heterocycles. The lowest BCUT2D eigenvalue weighted by molar-refractivity contribution is 0.322. The van der Waals surface area contributed by atoms with Crippen LogP contribution in [0.4, 0.5) is 5.69 Å². The molecule has 1 atom stereocenters. The number of hydrogen-bond donors (Lipinski definition) is 2. The van der Waals surface area contributed by atoms with E-state index in [9.17, 15) is 0 Å². The molecule has 1 aromatic carbocycles. The van der Waals surface area contributed by atoms with Crippen molar-refractivity contribution in [3.8, 4) is 0 Å². The van der Waals surface area contributed by atoms with E-state index in [1.807, 2.05) is 18.2 Å². The van der Waals surface area contributed by atoms with E-state index < -0.39 is 0 Å². The third-order valence-electron chi connectivity index (χ3n) is 3.45. The maximum absolute atomic E-state index is 6.13. The Morgan fingerprint density at radius 1 is 1.61 bits per heavy atom. The number of nitrogens with two attached hydrogens (primary N) is 1. The third kappa shape index (κ3) is 3.13. The zero-order valence-corrected chi connectivity index (χ0v) is 12.0. The van der Waals surface area contributed by atoms with Crippen LogP contribution in [0.15, 0.2) is 18.2 Å². The van der Waals surface area contributed by atoms with Gasteiger partial charge in [0.05, 0.1) is 5.02 Å². The number of hydrogen-bond acceptors (Lipinski definition) is 3. The smallest absolute Gasteiger partial charge is 0.105 e. The number of nitrogens with zero attached hydrogens (tertiary/aromatic N) is 1. The lowest BCUT2D eigenvalue weighted by Gasteiger charge is -2.20. The fraction of sp³-hybridized carbons (Fsp3) is 0.462. The summed E-state index contributed by atoms with van der Waals surface area (Å²) in [5.74, 6) is 0. The van der Waals surface area contributed by atoms with Crippen molar-refractivity contribution in [2.24, 2.45) is 5.73 Å². The monoisotopic (exact) mass is 283 g/mol. The molecule has 1 fully saturated rings. The van der Waals surface area contributed by atoms with Gasteiger partial charge in [0.1, 0.15) is 4.99 Å². The second kappa shape index (κ2) is 5.87. The van der Waals surface area contributed by atoms with Gasteiger partial charge >= 0.3 is 0 Å². The average Bonchev–Trinajstić information content (AvgIpc) is 2.72. The molecule has 1 unspecified atom stereocenters. The number of benzene rings is 1. The van der Waals surface area contributed by atoms with Crippen molar-refractivity contribution in [2.75, 3.05) is 25.5 Å². The summed E-state index contributed by atoms with van der Waals surface area (Å²) in [7, 11) is 2.17. The van der Waals surface area contributed by atoms with Gasteiger partial charge < -0.3 is 16.0 Å². The molecule has 0 amide bonds. The summed E-state index contributed by atoms with van der Waals surface area (Å²) < 4.78 is 0. The lowest BCUT2D eigenvalue weighted by Crippen LogP contribution is -2.31. The van der Waals surface area contributed by atoms with E-state index in [1.54, 1.807) is 0 Å². The predicted octanol–water partition coefficient (Wildman–Crippen LogP) is 2.48. The van der Waals surface area contributed by atoms with E-state index in [0.717, 1.165) is 17.8 Å². The van der Waals surface area contributed by atoms with Crippen LogP contribution < -0.4 is 11.1 Å². The first kappa shape index (κ1) is 13.6. The molecular formula is C13H18ClN3S. The Bertz CT molecular complexity index is 450. The molecule has 1 aliphatic rings. The minimum Gasteiger partial charge on any atom is -0.389 e. The van der Waals surface area contributed by atoms with Crippen LogP contribution in [0.25, 0.3) is 0 Å². The van der Waals surface area contributed by atoms with Gasteiger partial charge in [-0.3, -0.25) is 0 Å². The second-order valence-corrected chi connectivity index (χ2v) is 5.56. The number of thiocarbonyl (C=S) groups is 1. The van der Waals surface area contributed by atoms with Crippen LogP contribution in [-0.2, 0) is 0 Å². The maximum Gasteiger partial charge on any atom is 0.105 e. The molecule has 0 spiro atoms. The molecular weight excluding hydrogens is 266 g/mol. The van der Waals surface area contributed by atoms with Crippen LogP contribution in [0.3, 0.4) is 0 Å². The minimum absolute atomic E-state index is 0.335. The summed E-state index contributed by atoms with van der Waals surface area (Å²) in [6.07, 6.45) is 2.53. The molecule has 0 bridgehead atoms. The Kier molecular flexibility index (Phi) is 4.43. The molecule has 18 heavy (non-hydrogen) atoms. The zero-order chi connectivity index (χ0) is 13.1. The van der Waals surface area contributed by atoms with Gasteiger partial charge in [-0.2, -0.15) is 0 Å². The molecule has 3 nitrogen and oxygen atoms in total. The summed E-state index contributed by atoms with van der Waals surface area (Å²) in [4.78, 5) is 2.72. The summed E-state index contributed by atoms with van der Waals surface area (Å²) in [5.41, 5.74) is 7.32. The molecule has 5 heteroatoms. The largest absolute Gasteiger partial charge is 0.389 e. The maximum atomic E-state index is 6.13. The van der Waals surface area contributed by atoms with Crippen molar-refractivity contribution in [1.29, 1.82) is 0 Å². The van der Waals surface area contributed by atoms with Crippen LogP contribution in [0.1, 0.15) is 18.4 Å². The molecule has 1 aromatic rings. The number of anilines is 1. The highest BCUT2D eigenvalue weighted by atomic mass is 35.5. The highest BCUT2D eigenvalue weighted by molar-refractivity contribution is 7.80. The van der Waals surface area contributed by atoms with E-state index >= 15 is 0 Å². The number of nitrogens with one attached hydrogen (secondary N) is 1. The average molecular weight is 284 g/mol. The van der Waals surface area contributed by atoms with Crippen molar-refractivity contribution in [2.45, 2.75) is 18.9 Å². The standard InChI is InChI=1S/C13H18ClN3S/c1-17-6-2-3-10(17)8-16-9-4-5-11(13(15)18)12(14)7-9/h4-5,7,10,16H,2-3,6,8H2,1H3,(H2,15,18). The van der Waals surface area contributed by atoms with Crippen molar-refractivity contribution < 1.29 is 0 Å². The summed E-state index contributed by atoms with van der Waals surface area (Å²) >= 11 is 11.1. The first-order valence-electron chi connectivity index (χ1n) is 6.11. The molecule has 98 valence electrons. The van der Waals surface area contributed by atoms with Crippen LogP contribution in [0.2, 0.25) is 5.02 Å². The first-order valence-corrected chi connectivity index (χ1v) is 6.90. The lowest BCUT2D eigenvalue weighted by atomic mass is 10.2. The van der Waals surface area contributed by atoms with Crippen LogP contribution in [-0.4, -0.2) is 36.1 Å². The Morgan fingerprint density at radius 2 is 2.39 bits per heavy atom. The van der Waals surface area contributed by atoms with Gasteiger partial charge in [0.15, 0.2) is 0 Å². The SMILES string of the molecule is CN1CCCC1CNc1ccc(C(N)=S)c(Cl)c1. The molecule has 0 aliphatic carbocycles. The molecule has 1 saturated heterocycles. The number of likely N-dealkylation sites (N-methyl/N-ethyl adjacent to an activating group) is 1. The van der Waals surface area contributed by atoms with Crippen LogP contribution >= 0.6 is 23.8 Å². The summed E-state index contributed by atoms with van der Waals surface area (Å²) in [6, 6.07) is 6.32. The van der Waals surface area contributed by atoms with E-state index in [-0.39, 0.29) is 0 Å². The van der Waals surface area contributed by atoms with Crippen molar-refractivity contribution in [3.05, 3.63) is 28.8 Å². The Labute approximate surface area is 118 Å². The zero-order valence-electron chi connectivity index (χ0n) is 10.4. The molecule has 2 rings (SSSR count). The quantitative estimate of drug-likeness (QED) is 0.833. The molecule has 1 aliphatic heterocycles. The third-order valence-corrected chi connectivity index (χ3v) is 3.98. The highest BCUT2D eigenvalue weighted by Gasteiger charge is 2.20. The van der Waals surface area contributed by atoms with Crippen molar-refractivity contribution >= 4 is 34.5 Å². The Morgan fingerprint density at radius 3 is 2.94 bits per heavy atom. The second-order valence-electron chi connectivity index (χ2n) is 4.72. The van der Waals surface area contributed by atoms with Crippen LogP contribution in [0, 0.1) is 0 Å². The molecule has 3 N–H and O–H groups in total. The number of rotatable bonds is 4. The normalized spacial score (nSPS) is 20.0. The van der Waals surface area contributed by atoms with E-state index in [0.29, 0.717) is 16.1 Å². The van der Waals surface area contributed by atoms with E-state index in [2.05, 4.69) is 17.3 Å². The number of halogens is 1. The molecule has 0 aromatic heterocycles. The van der Waals surface area contributed by atoms with Gasteiger partial charge in [0.25, 0.3) is 0 Å². The highest BCUT2D eigenvalue weighted by Crippen LogP contribution is 2.22. The topological polar surface area (TPSA) is 41.3 Å². The van der Waals surface area contributed by atoms with Gasteiger partial charge in [0.2, 0.25) is 0 Å². The fourth-order valence-electron chi connectivity index (χ4n) is 2.30. The molecule has 0 saturated carbocycles. The van der Waals surface area contributed by atoms with Gasteiger partial charge in [-0.15, -0.1) is 0 Å². The van der Waals surface area contributed by atoms with E-state index in [1.165, 1.54) is 19.4 Å². The van der Waals surface area contributed by atoms with Gasteiger partial charge in [-0.25, -0.2) is 0 Å². The summed E-state index contributed by atoms with van der Waals surface area (Å²) in [5, 5.41) is 4.02. The van der Waals surface area contributed by atoms with E-state index in [4.69, 9.17) is 29.6 Å².